The smallest absolute Gasteiger partial charge is 0.237 e. The van der Waals surface area contributed by atoms with Crippen molar-refractivity contribution in [2.24, 2.45) is 0 Å². The van der Waals surface area contributed by atoms with E-state index >= 15 is 0 Å². The second-order valence-electron chi connectivity index (χ2n) is 6.93. The average Bonchev–Trinajstić information content (AvgIpc) is 3.29. The molecule has 27 heavy (non-hydrogen) atoms. The van der Waals surface area contributed by atoms with Gasteiger partial charge in [-0.3, -0.25) is 14.7 Å². The van der Waals surface area contributed by atoms with Gasteiger partial charge in [-0.05, 0) is 29.5 Å². The molecule has 0 radical (unpaired) electrons. The van der Waals surface area contributed by atoms with Gasteiger partial charge in [0.05, 0.1) is 11.4 Å². The SMILES string of the molecule is CC(C)c1ccc(-n2ccnc2SCC(=O)Nc2cc(C(C)C)no2)cc1. The largest absolute Gasteiger partial charge is 0.338 e. The summed E-state index contributed by atoms with van der Waals surface area (Å²) in [4.78, 5) is 16.6. The number of carbonyl (C=O) groups is 1. The standard InChI is InChI=1S/C20H24N4O2S/c1-13(2)15-5-7-16(8-6-15)24-10-9-21-20(24)27-12-18(25)22-19-11-17(14(3)4)23-26-19/h5-11,13-14H,12H2,1-4H3,(H,22,25). The molecule has 7 heteroatoms. The number of carbonyl (C=O) groups excluding carboxylic acids is 1. The van der Waals surface area contributed by atoms with E-state index in [1.165, 1.54) is 17.3 Å². The lowest BCUT2D eigenvalue weighted by atomic mass is 10.0. The van der Waals surface area contributed by atoms with Crippen molar-refractivity contribution < 1.29 is 9.32 Å². The molecule has 1 N–H and O–H groups in total. The fraction of sp³-hybridized carbons (Fsp3) is 0.350. The van der Waals surface area contributed by atoms with Crippen LogP contribution in [0, 0.1) is 0 Å². The minimum atomic E-state index is -0.156. The molecular weight excluding hydrogens is 360 g/mol. The Bertz CT molecular complexity index is 897. The van der Waals surface area contributed by atoms with Gasteiger partial charge in [-0.25, -0.2) is 4.98 Å². The number of anilines is 1. The zero-order valence-electron chi connectivity index (χ0n) is 16.0. The van der Waals surface area contributed by atoms with Crippen molar-refractivity contribution in [2.45, 2.75) is 44.7 Å². The highest BCUT2D eigenvalue weighted by molar-refractivity contribution is 7.99. The van der Waals surface area contributed by atoms with E-state index in [9.17, 15) is 4.79 Å². The molecule has 0 saturated heterocycles. The summed E-state index contributed by atoms with van der Waals surface area (Å²) < 4.78 is 7.12. The molecule has 0 unspecified atom stereocenters. The van der Waals surface area contributed by atoms with E-state index in [4.69, 9.17) is 4.52 Å². The van der Waals surface area contributed by atoms with Gasteiger partial charge in [0, 0.05) is 24.1 Å². The highest BCUT2D eigenvalue weighted by Gasteiger charge is 2.13. The van der Waals surface area contributed by atoms with Crippen LogP contribution in [0.5, 0.6) is 0 Å². The Balaban J connectivity index is 1.61. The zero-order valence-corrected chi connectivity index (χ0v) is 16.8. The summed E-state index contributed by atoms with van der Waals surface area (Å²) in [5.74, 6) is 1.20. The number of nitrogens with zero attached hydrogens (tertiary/aromatic N) is 3. The first-order valence-electron chi connectivity index (χ1n) is 8.97. The molecule has 6 nitrogen and oxygen atoms in total. The molecule has 0 fully saturated rings. The van der Waals surface area contributed by atoms with Gasteiger partial charge >= 0.3 is 0 Å². The summed E-state index contributed by atoms with van der Waals surface area (Å²) in [6.45, 7) is 8.38. The molecule has 0 saturated carbocycles. The van der Waals surface area contributed by atoms with E-state index in [0.717, 1.165) is 16.5 Å². The number of thioether (sulfide) groups is 1. The third-order valence-electron chi connectivity index (χ3n) is 4.16. The minimum Gasteiger partial charge on any atom is -0.338 e. The summed E-state index contributed by atoms with van der Waals surface area (Å²) in [6, 6.07) is 10.1. The van der Waals surface area contributed by atoms with Gasteiger partial charge in [-0.2, -0.15) is 0 Å². The first-order chi connectivity index (χ1) is 12.9. The topological polar surface area (TPSA) is 73.0 Å². The van der Waals surface area contributed by atoms with E-state index in [1.54, 1.807) is 12.3 Å². The van der Waals surface area contributed by atoms with Gasteiger partial charge in [0.15, 0.2) is 5.16 Å². The summed E-state index contributed by atoms with van der Waals surface area (Å²) >= 11 is 1.38. The number of hydrogen-bond acceptors (Lipinski definition) is 5. The molecule has 0 spiro atoms. The van der Waals surface area contributed by atoms with Crippen LogP contribution < -0.4 is 5.32 Å². The van der Waals surface area contributed by atoms with Crippen LogP contribution in [0.25, 0.3) is 5.69 Å². The van der Waals surface area contributed by atoms with E-state index < -0.39 is 0 Å². The van der Waals surface area contributed by atoms with Gasteiger partial charge in [-0.1, -0.05) is 56.7 Å². The molecular formula is C20H24N4O2S. The van der Waals surface area contributed by atoms with Crippen LogP contribution in [-0.2, 0) is 4.79 Å². The molecule has 0 aliphatic heterocycles. The van der Waals surface area contributed by atoms with E-state index in [0.29, 0.717) is 11.8 Å². The number of rotatable bonds is 7. The van der Waals surface area contributed by atoms with Crippen LogP contribution in [0.2, 0.25) is 0 Å². The lowest BCUT2D eigenvalue weighted by Gasteiger charge is -2.10. The van der Waals surface area contributed by atoms with E-state index in [1.807, 2.05) is 24.6 Å². The molecule has 0 aliphatic carbocycles. The number of nitrogens with one attached hydrogen (secondary N) is 1. The van der Waals surface area contributed by atoms with Gasteiger partial charge in [0.2, 0.25) is 11.8 Å². The molecule has 0 aliphatic rings. The number of benzene rings is 1. The minimum absolute atomic E-state index is 0.156. The second kappa shape index (κ2) is 8.43. The monoisotopic (exact) mass is 384 g/mol. The Morgan fingerprint density at radius 2 is 1.93 bits per heavy atom. The quantitative estimate of drug-likeness (QED) is 0.590. The van der Waals surface area contributed by atoms with Crippen molar-refractivity contribution >= 4 is 23.6 Å². The second-order valence-corrected chi connectivity index (χ2v) is 7.88. The van der Waals surface area contributed by atoms with Crippen LogP contribution in [0.1, 0.15) is 50.8 Å². The number of aromatic nitrogens is 3. The highest BCUT2D eigenvalue weighted by atomic mass is 32.2. The van der Waals surface area contributed by atoms with Crippen molar-refractivity contribution in [2.75, 3.05) is 11.1 Å². The summed E-state index contributed by atoms with van der Waals surface area (Å²) in [7, 11) is 0. The summed E-state index contributed by atoms with van der Waals surface area (Å²) in [5, 5.41) is 7.44. The summed E-state index contributed by atoms with van der Waals surface area (Å²) in [5.41, 5.74) is 3.13. The fourth-order valence-corrected chi connectivity index (χ4v) is 3.31. The van der Waals surface area contributed by atoms with Gasteiger partial charge in [-0.15, -0.1) is 0 Å². The lowest BCUT2D eigenvalue weighted by Crippen LogP contribution is -2.14. The molecule has 2 heterocycles. The molecule has 3 rings (SSSR count). The Kier molecular flexibility index (Phi) is 6.01. The van der Waals surface area contributed by atoms with Crippen molar-refractivity contribution in [3.8, 4) is 5.69 Å². The van der Waals surface area contributed by atoms with Crippen LogP contribution >= 0.6 is 11.8 Å². The maximum absolute atomic E-state index is 12.2. The first kappa shape index (κ1) is 19.2. The van der Waals surface area contributed by atoms with Crippen LogP contribution in [0.15, 0.2) is 52.4 Å². The van der Waals surface area contributed by atoms with Gasteiger partial charge < -0.3 is 4.52 Å². The van der Waals surface area contributed by atoms with Crippen molar-refractivity contribution in [3.05, 3.63) is 54.0 Å². The van der Waals surface area contributed by atoms with Gasteiger partial charge in [0.1, 0.15) is 0 Å². The Morgan fingerprint density at radius 1 is 1.19 bits per heavy atom. The molecule has 142 valence electrons. The maximum Gasteiger partial charge on any atom is 0.237 e. The predicted molar refractivity (Wildman–Crippen MR) is 108 cm³/mol. The van der Waals surface area contributed by atoms with Crippen molar-refractivity contribution in [3.63, 3.8) is 0 Å². The zero-order chi connectivity index (χ0) is 19.4. The Labute approximate surface area is 163 Å². The summed E-state index contributed by atoms with van der Waals surface area (Å²) in [6.07, 6.45) is 3.64. The third kappa shape index (κ3) is 4.80. The van der Waals surface area contributed by atoms with E-state index in [-0.39, 0.29) is 17.6 Å². The predicted octanol–water partition coefficient (Wildman–Crippen LogP) is 4.84. The highest BCUT2D eigenvalue weighted by Crippen LogP contribution is 2.23. The number of hydrogen-bond donors (Lipinski definition) is 1. The molecule has 0 atom stereocenters. The van der Waals surface area contributed by atoms with Crippen molar-refractivity contribution in [1.82, 2.24) is 14.7 Å². The fourth-order valence-electron chi connectivity index (χ4n) is 2.54. The maximum atomic E-state index is 12.2. The Hall–Kier alpha value is -2.54. The Morgan fingerprint density at radius 3 is 2.56 bits per heavy atom. The van der Waals surface area contributed by atoms with Crippen molar-refractivity contribution in [1.29, 1.82) is 0 Å². The third-order valence-corrected chi connectivity index (χ3v) is 5.13. The number of imidazole rings is 1. The normalized spacial score (nSPS) is 11.3. The van der Waals surface area contributed by atoms with Crippen LogP contribution in [-0.4, -0.2) is 26.4 Å². The average molecular weight is 385 g/mol. The lowest BCUT2D eigenvalue weighted by molar-refractivity contribution is -0.113. The molecule has 2 aromatic heterocycles. The van der Waals surface area contributed by atoms with Crippen LogP contribution in [0.4, 0.5) is 5.88 Å². The molecule has 0 bridgehead atoms. The molecule has 1 aromatic carbocycles. The van der Waals surface area contributed by atoms with E-state index in [2.05, 4.69) is 53.6 Å². The molecule has 3 aromatic rings. The van der Waals surface area contributed by atoms with Crippen LogP contribution in [0.3, 0.4) is 0 Å². The van der Waals surface area contributed by atoms with Gasteiger partial charge in [0.25, 0.3) is 0 Å². The first-order valence-corrected chi connectivity index (χ1v) is 9.95. The molecule has 1 amide bonds. The number of amides is 1.